The van der Waals surface area contributed by atoms with Gasteiger partial charge in [-0.1, -0.05) is 0 Å². The van der Waals surface area contributed by atoms with Gasteiger partial charge in [-0.2, -0.15) is 0 Å². The average molecular weight is 460 g/mol. The molecule has 4 rings (SSSR count). The van der Waals surface area contributed by atoms with E-state index in [-0.39, 0.29) is 22.5 Å². The first-order valence-corrected chi connectivity index (χ1v) is 9.74. The number of phenolic OH excluding ortho intramolecular Hbond substituents is 1. The standard InChI is InChI=1S/C22H20O11/c1-30-10-4-2-9(3-5-10)14-8-13(24)16-12(23)6-11(7-15(16)32-14)31-22-19(27)17(25)18(26)20(33-22)21(28)29/h2-8,17-20,22-23,25-27H,1H3,(H,28,29)/t17-,18-,19+,20-,22+/m1/s1. The van der Waals surface area contributed by atoms with Crippen molar-refractivity contribution < 1.29 is 49.0 Å². The highest BCUT2D eigenvalue weighted by Crippen LogP contribution is 2.33. The number of carbonyl (C=O) groups is 1. The maximum absolute atomic E-state index is 12.6. The van der Waals surface area contributed by atoms with Gasteiger partial charge in [0.2, 0.25) is 6.29 Å². The van der Waals surface area contributed by atoms with E-state index >= 15 is 0 Å². The van der Waals surface area contributed by atoms with E-state index in [1.165, 1.54) is 19.2 Å². The van der Waals surface area contributed by atoms with Crippen molar-refractivity contribution in [3.05, 3.63) is 52.7 Å². The van der Waals surface area contributed by atoms with E-state index in [4.69, 9.17) is 23.7 Å². The Hall–Kier alpha value is -3.64. The number of rotatable bonds is 5. The van der Waals surface area contributed by atoms with Crippen molar-refractivity contribution in [3.63, 3.8) is 0 Å². The summed E-state index contributed by atoms with van der Waals surface area (Å²) in [6, 6.07) is 10.2. The van der Waals surface area contributed by atoms with Crippen molar-refractivity contribution in [2.75, 3.05) is 7.11 Å². The van der Waals surface area contributed by atoms with Crippen molar-refractivity contribution in [3.8, 4) is 28.6 Å². The molecule has 2 aromatic carbocycles. The van der Waals surface area contributed by atoms with Crippen LogP contribution in [-0.2, 0) is 9.53 Å². The number of hydrogen-bond acceptors (Lipinski definition) is 10. The number of aliphatic carboxylic acids is 1. The minimum atomic E-state index is -1.88. The molecule has 0 aliphatic carbocycles. The highest BCUT2D eigenvalue weighted by Gasteiger charge is 2.48. The smallest absolute Gasteiger partial charge is 0.335 e. The first kappa shape index (κ1) is 22.6. The Labute approximate surface area is 185 Å². The number of benzene rings is 2. The third-order valence-electron chi connectivity index (χ3n) is 5.22. The van der Waals surface area contributed by atoms with Gasteiger partial charge in [-0.15, -0.1) is 0 Å². The normalized spacial score (nSPS) is 25.0. The number of aromatic hydroxyl groups is 1. The predicted octanol–water partition coefficient (Wildman–Crippen LogP) is 0.445. The summed E-state index contributed by atoms with van der Waals surface area (Å²) in [7, 11) is 1.51. The molecule has 0 unspecified atom stereocenters. The second-order valence-corrected chi connectivity index (χ2v) is 7.37. The van der Waals surface area contributed by atoms with Crippen LogP contribution in [-0.4, -0.2) is 69.3 Å². The Bertz CT molecular complexity index is 1230. The molecule has 0 saturated carbocycles. The maximum atomic E-state index is 12.6. The summed E-state index contributed by atoms with van der Waals surface area (Å²) in [6.07, 6.45) is -9.10. The summed E-state index contributed by atoms with van der Waals surface area (Å²) in [4.78, 5) is 23.9. The highest BCUT2D eigenvalue weighted by molar-refractivity contribution is 5.86. The van der Waals surface area contributed by atoms with Crippen LogP contribution in [0.2, 0.25) is 0 Å². The molecule has 1 aliphatic rings. The van der Waals surface area contributed by atoms with Crippen LogP contribution in [0, 0.1) is 0 Å². The molecule has 0 radical (unpaired) electrons. The zero-order chi connectivity index (χ0) is 23.9. The first-order valence-electron chi connectivity index (χ1n) is 9.74. The number of carboxylic acid groups (broad SMARTS) is 1. The second kappa shape index (κ2) is 8.71. The molecule has 5 atom stereocenters. The Balaban J connectivity index is 1.70. The summed E-state index contributed by atoms with van der Waals surface area (Å²) >= 11 is 0. The summed E-state index contributed by atoms with van der Waals surface area (Å²) in [5.74, 6) is -1.40. The van der Waals surface area contributed by atoms with Crippen molar-refractivity contribution in [1.82, 2.24) is 0 Å². The molecule has 0 spiro atoms. The molecule has 11 heteroatoms. The van der Waals surface area contributed by atoms with E-state index in [1.807, 2.05) is 0 Å². The minimum Gasteiger partial charge on any atom is -0.507 e. The number of phenols is 1. The topological polar surface area (TPSA) is 176 Å². The SMILES string of the molecule is COc1ccc(-c2cc(=O)c3c(O)cc(O[C@H]4O[C@@H](C(=O)O)[C@H](O)[C@@H](O)[C@@H]4O)cc3o2)cc1. The van der Waals surface area contributed by atoms with Gasteiger partial charge in [0.1, 0.15) is 52.3 Å². The van der Waals surface area contributed by atoms with E-state index in [0.29, 0.717) is 11.3 Å². The third kappa shape index (κ3) is 4.22. The van der Waals surface area contributed by atoms with Gasteiger partial charge in [-0.3, -0.25) is 4.79 Å². The molecule has 1 saturated heterocycles. The third-order valence-corrected chi connectivity index (χ3v) is 5.22. The number of methoxy groups -OCH3 is 1. The van der Waals surface area contributed by atoms with E-state index in [0.717, 1.165) is 6.07 Å². The molecule has 3 aromatic rings. The molecular formula is C22H20O11. The number of ether oxygens (including phenoxy) is 3. The molecule has 0 bridgehead atoms. The molecule has 33 heavy (non-hydrogen) atoms. The van der Waals surface area contributed by atoms with Gasteiger partial charge in [0, 0.05) is 23.8 Å². The van der Waals surface area contributed by atoms with E-state index < -0.39 is 47.9 Å². The fourth-order valence-corrected chi connectivity index (χ4v) is 3.49. The van der Waals surface area contributed by atoms with Crippen LogP contribution in [0.4, 0.5) is 0 Å². The average Bonchev–Trinajstić information content (AvgIpc) is 2.78. The highest BCUT2D eigenvalue weighted by atomic mass is 16.7. The summed E-state index contributed by atoms with van der Waals surface area (Å²) in [6.45, 7) is 0. The van der Waals surface area contributed by atoms with Gasteiger partial charge in [0.05, 0.1) is 7.11 Å². The fraction of sp³-hybridized carbons (Fsp3) is 0.273. The van der Waals surface area contributed by atoms with Gasteiger partial charge in [0.25, 0.3) is 0 Å². The van der Waals surface area contributed by atoms with Crippen LogP contribution in [0.15, 0.2) is 51.7 Å². The second-order valence-electron chi connectivity index (χ2n) is 7.37. The maximum Gasteiger partial charge on any atom is 0.335 e. The minimum absolute atomic E-state index is 0.0519. The van der Waals surface area contributed by atoms with Crippen LogP contribution in [0.5, 0.6) is 17.2 Å². The molecule has 2 heterocycles. The fourth-order valence-electron chi connectivity index (χ4n) is 3.49. The number of aliphatic hydroxyl groups excluding tert-OH is 3. The van der Waals surface area contributed by atoms with E-state index in [9.17, 15) is 30.0 Å². The van der Waals surface area contributed by atoms with Gasteiger partial charge in [0.15, 0.2) is 11.5 Å². The Kier molecular flexibility index (Phi) is 5.95. The van der Waals surface area contributed by atoms with Gasteiger partial charge in [-0.05, 0) is 24.3 Å². The predicted molar refractivity (Wildman–Crippen MR) is 111 cm³/mol. The molecule has 0 amide bonds. The quantitative estimate of drug-likeness (QED) is 0.357. The Morgan fingerprint density at radius 2 is 1.67 bits per heavy atom. The van der Waals surface area contributed by atoms with Crippen LogP contribution in [0.25, 0.3) is 22.3 Å². The lowest BCUT2D eigenvalue weighted by Gasteiger charge is -2.38. The number of fused-ring (bicyclic) bond motifs is 1. The van der Waals surface area contributed by atoms with Gasteiger partial charge >= 0.3 is 5.97 Å². The molecule has 5 N–H and O–H groups in total. The first-order chi connectivity index (χ1) is 15.7. The van der Waals surface area contributed by atoms with Crippen LogP contribution < -0.4 is 14.9 Å². The molecule has 1 aromatic heterocycles. The zero-order valence-corrected chi connectivity index (χ0v) is 17.1. The Morgan fingerprint density at radius 1 is 0.970 bits per heavy atom. The van der Waals surface area contributed by atoms with Crippen molar-refractivity contribution in [2.45, 2.75) is 30.7 Å². The monoisotopic (exact) mass is 460 g/mol. The van der Waals surface area contributed by atoms with Crippen molar-refractivity contribution >= 4 is 16.9 Å². The van der Waals surface area contributed by atoms with E-state index in [2.05, 4.69) is 0 Å². The van der Waals surface area contributed by atoms with Gasteiger partial charge in [-0.25, -0.2) is 4.79 Å². The van der Waals surface area contributed by atoms with Gasteiger partial charge < -0.3 is 44.2 Å². The summed E-state index contributed by atoms with van der Waals surface area (Å²) < 4.78 is 21.4. The Morgan fingerprint density at radius 3 is 2.30 bits per heavy atom. The van der Waals surface area contributed by atoms with Crippen LogP contribution in [0.1, 0.15) is 0 Å². The number of aliphatic hydroxyl groups is 3. The lowest BCUT2D eigenvalue weighted by atomic mass is 9.99. The van der Waals surface area contributed by atoms with E-state index in [1.54, 1.807) is 24.3 Å². The lowest BCUT2D eigenvalue weighted by molar-refractivity contribution is -0.271. The molecule has 1 fully saturated rings. The van der Waals surface area contributed by atoms with Crippen LogP contribution >= 0.6 is 0 Å². The lowest BCUT2D eigenvalue weighted by Crippen LogP contribution is -2.61. The summed E-state index contributed by atoms with van der Waals surface area (Å²) in [5.41, 5.74) is -0.0124. The number of carboxylic acids is 1. The molecule has 11 nitrogen and oxygen atoms in total. The molecule has 1 aliphatic heterocycles. The largest absolute Gasteiger partial charge is 0.507 e. The molecular weight excluding hydrogens is 440 g/mol. The zero-order valence-electron chi connectivity index (χ0n) is 17.1. The van der Waals surface area contributed by atoms with Crippen molar-refractivity contribution in [1.29, 1.82) is 0 Å². The number of hydrogen-bond donors (Lipinski definition) is 5. The summed E-state index contributed by atoms with van der Waals surface area (Å²) in [5, 5.41) is 49.2. The van der Waals surface area contributed by atoms with Crippen LogP contribution in [0.3, 0.4) is 0 Å². The molecule has 174 valence electrons. The van der Waals surface area contributed by atoms with Crippen molar-refractivity contribution in [2.24, 2.45) is 0 Å².